The Balaban J connectivity index is 4.27. The van der Waals surface area contributed by atoms with Crippen molar-refractivity contribution in [2.24, 2.45) is 5.73 Å². The van der Waals surface area contributed by atoms with Gasteiger partial charge in [-0.15, -0.1) is 0 Å². The van der Waals surface area contributed by atoms with Crippen LogP contribution >= 0.6 is 7.82 Å². The summed E-state index contributed by atoms with van der Waals surface area (Å²) in [4.78, 5) is 22.8. The molecule has 5 N–H and O–H groups in total. The molecule has 60 heavy (non-hydrogen) atoms. The average Bonchev–Trinajstić information content (AvgIpc) is 3.24. The van der Waals surface area contributed by atoms with Crippen molar-refractivity contribution in [3.8, 4) is 0 Å². The standard InChI is InChI=1S/C51H89N2O6P/c1-3-5-7-9-11-13-15-17-19-21-23-24-25-26-27-29-31-33-35-37-39-41-43-45-51(55)53-49(48-59-60(56,57)58-47-46-52)50(54)44-42-40-38-36-34-32-30-28-22-20-18-16-14-12-10-8-6-4-2/h5,7,11,13,17,19,22-24,26-28,34,36,42,44,49-50,54H,3-4,6,8-10,12,14-16,18,20-21,25,29-33,35,37-41,43,45-48,52H2,1-2H3,(H,53,55)(H,56,57)/b7-5-,13-11-,19-17-,24-23-,27-26-,28-22+,36-34+,44-42+. The van der Waals surface area contributed by atoms with E-state index in [1.165, 1.54) is 77.0 Å². The molecule has 0 bridgehead atoms. The van der Waals surface area contributed by atoms with Gasteiger partial charge >= 0.3 is 7.82 Å². The second kappa shape index (κ2) is 45.9. The van der Waals surface area contributed by atoms with Gasteiger partial charge in [0.2, 0.25) is 5.91 Å². The van der Waals surface area contributed by atoms with E-state index in [0.717, 1.165) is 89.9 Å². The first-order valence-electron chi connectivity index (χ1n) is 23.9. The second-order valence-corrected chi connectivity index (χ2v) is 17.0. The van der Waals surface area contributed by atoms with Crippen molar-refractivity contribution >= 4 is 13.7 Å². The van der Waals surface area contributed by atoms with Crippen LogP contribution in [-0.2, 0) is 18.4 Å². The number of phosphoric ester groups is 1. The predicted octanol–water partition coefficient (Wildman–Crippen LogP) is 13.9. The van der Waals surface area contributed by atoms with Crippen molar-refractivity contribution in [1.82, 2.24) is 5.32 Å². The lowest BCUT2D eigenvalue weighted by atomic mass is 10.1. The minimum atomic E-state index is -4.36. The number of rotatable bonds is 43. The number of nitrogens with two attached hydrogens (primary N) is 1. The Kier molecular flexibility index (Phi) is 44.0. The number of amides is 1. The van der Waals surface area contributed by atoms with Crippen LogP contribution in [0.25, 0.3) is 0 Å². The van der Waals surface area contributed by atoms with Crippen LogP contribution in [0.3, 0.4) is 0 Å². The van der Waals surface area contributed by atoms with E-state index in [4.69, 9.17) is 14.8 Å². The van der Waals surface area contributed by atoms with Gasteiger partial charge in [0, 0.05) is 13.0 Å². The molecule has 3 atom stereocenters. The third kappa shape index (κ3) is 43.5. The zero-order chi connectivity index (χ0) is 43.9. The van der Waals surface area contributed by atoms with Crippen LogP contribution in [0, 0.1) is 0 Å². The van der Waals surface area contributed by atoms with Gasteiger partial charge in [-0.05, 0) is 89.9 Å². The molecule has 0 saturated carbocycles. The third-order valence-corrected chi connectivity index (χ3v) is 10.9. The second-order valence-electron chi connectivity index (χ2n) is 15.6. The molecule has 3 unspecified atom stereocenters. The summed E-state index contributed by atoms with van der Waals surface area (Å²) < 4.78 is 22.2. The summed E-state index contributed by atoms with van der Waals surface area (Å²) in [5.74, 6) is -0.224. The number of unbranched alkanes of at least 4 members (excludes halogenated alkanes) is 17. The van der Waals surface area contributed by atoms with E-state index in [1.54, 1.807) is 6.08 Å². The van der Waals surface area contributed by atoms with E-state index in [0.29, 0.717) is 6.42 Å². The molecule has 0 aromatic heterocycles. The zero-order valence-corrected chi connectivity index (χ0v) is 39.1. The molecule has 0 spiro atoms. The van der Waals surface area contributed by atoms with Gasteiger partial charge in [0.05, 0.1) is 25.4 Å². The lowest BCUT2D eigenvalue weighted by molar-refractivity contribution is -0.123. The summed E-state index contributed by atoms with van der Waals surface area (Å²) in [5, 5.41) is 13.7. The van der Waals surface area contributed by atoms with Crippen molar-refractivity contribution in [2.45, 2.75) is 199 Å². The molecule has 8 nitrogen and oxygen atoms in total. The Bertz CT molecular complexity index is 1250. The van der Waals surface area contributed by atoms with Crippen molar-refractivity contribution in [2.75, 3.05) is 19.8 Å². The molecule has 0 fully saturated rings. The van der Waals surface area contributed by atoms with Crippen molar-refractivity contribution in [3.63, 3.8) is 0 Å². The van der Waals surface area contributed by atoms with Crippen LogP contribution in [0.15, 0.2) is 97.2 Å². The summed E-state index contributed by atoms with van der Waals surface area (Å²) in [6, 6.07) is -0.896. The first-order chi connectivity index (χ1) is 29.4. The summed E-state index contributed by atoms with van der Waals surface area (Å²) in [6.45, 7) is 3.97. The van der Waals surface area contributed by atoms with Crippen molar-refractivity contribution in [3.05, 3.63) is 97.2 Å². The van der Waals surface area contributed by atoms with Crippen LogP contribution in [0.4, 0.5) is 0 Å². The number of aliphatic hydroxyl groups is 1. The normalized spacial score (nSPS) is 14.8. The quantitative estimate of drug-likeness (QED) is 0.0273. The molecule has 0 aromatic carbocycles. The fourth-order valence-corrected chi connectivity index (χ4v) is 7.07. The maximum Gasteiger partial charge on any atom is 0.472 e. The molecule has 0 rings (SSSR count). The van der Waals surface area contributed by atoms with E-state index >= 15 is 0 Å². The Labute approximate surface area is 368 Å². The fraction of sp³-hybridized carbons (Fsp3) is 0.667. The maximum absolute atomic E-state index is 12.8. The van der Waals surface area contributed by atoms with E-state index in [1.807, 2.05) is 6.08 Å². The molecule has 0 aromatic rings. The van der Waals surface area contributed by atoms with Crippen LogP contribution in [0.5, 0.6) is 0 Å². The number of nitrogens with one attached hydrogen (secondary N) is 1. The number of phosphoric acid groups is 1. The Morgan fingerprint density at radius 3 is 1.48 bits per heavy atom. The van der Waals surface area contributed by atoms with Gasteiger partial charge in [-0.25, -0.2) is 4.57 Å². The van der Waals surface area contributed by atoms with Crippen LogP contribution in [0.2, 0.25) is 0 Å². The molecule has 0 aliphatic heterocycles. The largest absolute Gasteiger partial charge is 0.472 e. The van der Waals surface area contributed by atoms with Gasteiger partial charge < -0.3 is 21.1 Å². The molecule has 0 aliphatic carbocycles. The maximum atomic E-state index is 12.8. The zero-order valence-electron chi connectivity index (χ0n) is 38.2. The van der Waals surface area contributed by atoms with Gasteiger partial charge in [-0.1, -0.05) is 188 Å². The van der Waals surface area contributed by atoms with Gasteiger partial charge in [0.25, 0.3) is 0 Å². The van der Waals surface area contributed by atoms with Gasteiger partial charge in [0.1, 0.15) is 0 Å². The van der Waals surface area contributed by atoms with E-state index in [-0.39, 0.29) is 25.7 Å². The first-order valence-corrected chi connectivity index (χ1v) is 25.4. The topological polar surface area (TPSA) is 131 Å². The SMILES string of the molecule is CC/C=C\C/C=C\C/C=C\C/C=C\C/C=C\CCCCCCCCCC(=O)NC(COP(=O)(O)OCCN)C(O)/C=C/CC/C=C/CC/C=C/CCCCCCCCCC. The van der Waals surface area contributed by atoms with Gasteiger partial charge in [-0.3, -0.25) is 13.8 Å². The Hall–Kier alpha value is -2.58. The lowest BCUT2D eigenvalue weighted by Crippen LogP contribution is -2.45. The van der Waals surface area contributed by atoms with Crippen LogP contribution < -0.4 is 11.1 Å². The molecule has 0 saturated heterocycles. The summed E-state index contributed by atoms with van der Waals surface area (Å²) >= 11 is 0. The number of aliphatic hydroxyl groups excluding tert-OH is 1. The van der Waals surface area contributed by atoms with Crippen molar-refractivity contribution in [1.29, 1.82) is 0 Å². The lowest BCUT2D eigenvalue weighted by Gasteiger charge is -2.23. The number of hydrogen-bond acceptors (Lipinski definition) is 6. The molecule has 0 heterocycles. The average molecular weight is 857 g/mol. The Morgan fingerprint density at radius 2 is 0.983 bits per heavy atom. The smallest absolute Gasteiger partial charge is 0.387 e. The first kappa shape index (κ1) is 57.4. The highest BCUT2D eigenvalue weighted by molar-refractivity contribution is 7.47. The molecule has 1 amide bonds. The van der Waals surface area contributed by atoms with Crippen molar-refractivity contribution < 1.29 is 28.4 Å². The molecular formula is C51H89N2O6P. The number of allylic oxidation sites excluding steroid dienone is 15. The van der Waals surface area contributed by atoms with E-state index in [9.17, 15) is 19.4 Å². The monoisotopic (exact) mass is 857 g/mol. The minimum absolute atomic E-state index is 0.0645. The number of carbonyl (C=O) groups excluding carboxylic acids is 1. The molecule has 0 aliphatic rings. The van der Waals surface area contributed by atoms with E-state index < -0.39 is 20.0 Å². The number of hydrogen-bond donors (Lipinski definition) is 4. The highest BCUT2D eigenvalue weighted by Gasteiger charge is 2.26. The van der Waals surface area contributed by atoms with Crippen LogP contribution in [0.1, 0.15) is 187 Å². The molecule has 0 radical (unpaired) electrons. The molecule has 344 valence electrons. The molecule has 9 heteroatoms. The third-order valence-electron chi connectivity index (χ3n) is 9.87. The fourth-order valence-electron chi connectivity index (χ4n) is 6.31. The summed E-state index contributed by atoms with van der Waals surface area (Å²) in [6.07, 6.45) is 63.2. The summed E-state index contributed by atoms with van der Waals surface area (Å²) in [5.41, 5.74) is 5.38. The van der Waals surface area contributed by atoms with E-state index in [2.05, 4.69) is 104 Å². The number of carbonyl (C=O) groups is 1. The minimum Gasteiger partial charge on any atom is -0.387 e. The molecular weight excluding hydrogens is 768 g/mol. The van der Waals surface area contributed by atoms with Gasteiger partial charge in [0.15, 0.2) is 0 Å². The van der Waals surface area contributed by atoms with Crippen LogP contribution in [-0.4, -0.2) is 47.8 Å². The Morgan fingerprint density at radius 1 is 0.567 bits per heavy atom. The highest BCUT2D eigenvalue weighted by Crippen LogP contribution is 2.43. The highest BCUT2D eigenvalue weighted by atomic mass is 31.2. The van der Waals surface area contributed by atoms with Gasteiger partial charge in [-0.2, -0.15) is 0 Å². The summed E-state index contributed by atoms with van der Waals surface area (Å²) in [7, 11) is -4.36. The predicted molar refractivity (Wildman–Crippen MR) is 258 cm³/mol.